The molecule has 0 aliphatic carbocycles. The van der Waals surface area contributed by atoms with Crippen molar-refractivity contribution < 1.29 is 10.2 Å². The van der Waals surface area contributed by atoms with Crippen LogP contribution in [0.1, 0.15) is 5.56 Å². The second-order valence-electron chi connectivity index (χ2n) is 3.22. The topological polar surface area (TPSA) is 40.5 Å². The van der Waals surface area contributed by atoms with E-state index in [4.69, 9.17) is 0 Å². The van der Waals surface area contributed by atoms with E-state index in [-0.39, 0.29) is 11.5 Å². The standard InChI is InChI=1S/C11H9BrO2/c1-6-2-3-8-7(10(6)13)4-5-9(12)11(8)14/h2-5,13-14H,1H3. The molecule has 2 rings (SSSR count). The lowest BCUT2D eigenvalue weighted by Crippen LogP contribution is -1.80. The van der Waals surface area contributed by atoms with Crippen LogP contribution in [0.4, 0.5) is 0 Å². The third-order valence-electron chi connectivity index (χ3n) is 2.30. The van der Waals surface area contributed by atoms with Gasteiger partial charge in [0.2, 0.25) is 0 Å². The maximum atomic E-state index is 9.75. The molecule has 0 radical (unpaired) electrons. The Morgan fingerprint density at radius 2 is 1.50 bits per heavy atom. The first-order chi connectivity index (χ1) is 6.61. The van der Waals surface area contributed by atoms with Gasteiger partial charge in [0.1, 0.15) is 11.5 Å². The Kier molecular flexibility index (Phi) is 2.11. The molecule has 0 spiro atoms. The van der Waals surface area contributed by atoms with Crippen molar-refractivity contribution in [3.8, 4) is 11.5 Å². The van der Waals surface area contributed by atoms with Gasteiger partial charge in [-0.25, -0.2) is 0 Å². The Bertz CT molecular complexity index is 459. The summed E-state index contributed by atoms with van der Waals surface area (Å²) in [6.07, 6.45) is 0. The molecule has 0 saturated carbocycles. The summed E-state index contributed by atoms with van der Waals surface area (Å²) < 4.78 is 0.633. The maximum absolute atomic E-state index is 9.75. The average molecular weight is 253 g/mol. The predicted molar refractivity (Wildman–Crippen MR) is 59.7 cm³/mol. The van der Waals surface area contributed by atoms with E-state index < -0.39 is 0 Å². The van der Waals surface area contributed by atoms with E-state index in [9.17, 15) is 10.2 Å². The molecule has 2 nitrogen and oxygen atoms in total. The first-order valence-electron chi connectivity index (χ1n) is 4.21. The third-order valence-corrected chi connectivity index (χ3v) is 2.94. The number of hydrogen-bond acceptors (Lipinski definition) is 2. The zero-order chi connectivity index (χ0) is 10.3. The lowest BCUT2D eigenvalue weighted by molar-refractivity contribution is 0.471. The van der Waals surface area contributed by atoms with Crippen LogP contribution >= 0.6 is 15.9 Å². The molecule has 0 amide bonds. The van der Waals surface area contributed by atoms with Crippen LogP contribution in [-0.2, 0) is 0 Å². The quantitative estimate of drug-likeness (QED) is 0.756. The molecule has 2 N–H and O–H groups in total. The van der Waals surface area contributed by atoms with Gasteiger partial charge in [-0.3, -0.25) is 0 Å². The molecule has 72 valence electrons. The minimum absolute atomic E-state index is 0.165. The Morgan fingerprint density at radius 1 is 0.929 bits per heavy atom. The van der Waals surface area contributed by atoms with Crippen molar-refractivity contribution in [3.63, 3.8) is 0 Å². The highest BCUT2D eigenvalue weighted by Gasteiger charge is 2.08. The molecule has 0 saturated heterocycles. The zero-order valence-corrected chi connectivity index (χ0v) is 9.17. The van der Waals surface area contributed by atoms with Gasteiger partial charge in [0.05, 0.1) is 4.47 Å². The van der Waals surface area contributed by atoms with Gasteiger partial charge < -0.3 is 10.2 Å². The van der Waals surface area contributed by atoms with E-state index >= 15 is 0 Å². The molecule has 0 aromatic heterocycles. The fraction of sp³-hybridized carbons (Fsp3) is 0.0909. The van der Waals surface area contributed by atoms with Crippen molar-refractivity contribution in [2.24, 2.45) is 0 Å². The molecule has 0 aliphatic rings. The van der Waals surface area contributed by atoms with Crippen LogP contribution in [0.25, 0.3) is 10.8 Å². The monoisotopic (exact) mass is 252 g/mol. The molecule has 0 aliphatic heterocycles. The van der Waals surface area contributed by atoms with Crippen LogP contribution in [-0.4, -0.2) is 10.2 Å². The van der Waals surface area contributed by atoms with Crippen molar-refractivity contribution in [1.82, 2.24) is 0 Å². The summed E-state index contributed by atoms with van der Waals surface area (Å²) in [5.41, 5.74) is 0.805. The van der Waals surface area contributed by atoms with Crippen molar-refractivity contribution >= 4 is 26.7 Å². The predicted octanol–water partition coefficient (Wildman–Crippen LogP) is 3.32. The Balaban J connectivity index is 2.94. The smallest absolute Gasteiger partial charge is 0.137 e. The van der Waals surface area contributed by atoms with E-state index in [0.717, 1.165) is 5.56 Å². The number of rotatable bonds is 0. The molecule has 0 fully saturated rings. The van der Waals surface area contributed by atoms with Crippen molar-refractivity contribution in [2.75, 3.05) is 0 Å². The summed E-state index contributed by atoms with van der Waals surface area (Å²) in [7, 11) is 0. The number of phenols is 2. The zero-order valence-electron chi connectivity index (χ0n) is 7.58. The third kappa shape index (κ3) is 1.24. The highest BCUT2D eigenvalue weighted by Crippen LogP contribution is 2.37. The van der Waals surface area contributed by atoms with Gasteiger partial charge in [-0.15, -0.1) is 0 Å². The summed E-state index contributed by atoms with van der Waals surface area (Å²) >= 11 is 3.23. The largest absolute Gasteiger partial charge is 0.507 e. The molecule has 0 bridgehead atoms. The summed E-state index contributed by atoms with van der Waals surface area (Å²) in [5.74, 6) is 0.392. The van der Waals surface area contributed by atoms with Crippen LogP contribution < -0.4 is 0 Å². The number of aromatic hydroxyl groups is 2. The molecule has 3 heteroatoms. The minimum atomic E-state index is 0.165. The SMILES string of the molecule is Cc1ccc2c(O)c(Br)ccc2c1O. The Hall–Kier alpha value is -1.22. The highest BCUT2D eigenvalue weighted by atomic mass is 79.9. The summed E-state index contributed by atoms with van der Waals surface area (Å²) in [6, 6.07) is 7.08. The molecule has 2 aromatic rings. The lowest BCUT2D eigenvalue weighted by atomic mass is 10.1. The first-order valence-corrected chi connectivity index (χ1v) is 5.00. The fourth-order valence-corrected chi connectivity index (χ4v) is 1.80. The molecule has 2 aromatic carbocycles. The number of hydrogen-bond donors (Lipinski definition) is 2. The van der Waals surface area contributed by atoms with Gasteiger partial charge in [-0.05, 0) is 40.5 Å². The van der Waals surface area contributed by atoms with E-state index in [0.29, 0.717) is 15.2 Å². The van der Waals surface area contributed by atoms with Crippen molar-refractivity contribution in [1.29, 1.82) is 0 Å². The summed E-state index contributed by atoms with van der Waals surface area (Å²) in [4.78, 5) is 0. The highest BCUT2D eigenvalue weighted by molar-refractivity contribution is 9.10. The summed E-state index contributed by atoms with van der Waals surface area (Å²) in [6.45, 7) is 1.83. The number of halogens is 1. The second-order valence-corrected chi connectivity index (χ2v) is 4.08. The molecule has 0 heterocycles. The van der Waals surface area contributed by atoms with Gasteiger partial charge in [0.25, 0.3) is 0 Å². The van der Waals surface area contributed by atoms with E-state index in [1.165, 1.54) is 0 Å². The van der Waals surface area contributed by atoms with E-state index in [2.05, 4.69) is 15.9 Å². The Morgan fingerprint density at radius 3 is 2.21 bits per heavy atom. The number of fused-ring (bicyclic) bond motifs is 1. The fourth-order valence-electron chi connectivity index (χ4n) is 1.46. The van der Waals surface area contributed by atoms with Crippen LogP contribution in [0.15, 0.2) is 28.7 Å². The number of phenolic OH excluding ortho intramolecular Hbond substituents is 2. The second kappa shape index (κ2) is 3.17. The van der Waals surface area contributed by atoms with Gasteiger partial charge in [-0.1, -0.05) is 12.1 Å². The van der Waals surface area contributed by atoms with Gasteiger partial charge in [-0.2, -0.15) is 0 Å². The molecular weight excluding hydrogens is 244 g/mol. The molecule has 0 unspecified atom stereocenters. The molecule has 0 atom stereocenters. The number of benzene rings is 2. The van der Waals surface area contributed by atoms with E-state index in [1.54, 1.807) is 24.3 Å². The number of aryl methyl sites for hydroxylation is 1. The maximum Gasteiger partial charge on any atom is 0.137 e. The van der Waals surface area contributed by atoms with Crippen LogP contribution in [0.3, 0.4) is 0 Å². The molecule has 14 heavy (non-hydrogen) atoms. The average Bonchev–Trinajstić information content (AvgIpc) is 2.17. The summed E-state index contributed by atoms with van der Waals surface area (Å²) in [5, 5.41) is 20.8. The van der Waals surface area contributed by atoms with Gasteiger partial charge in [0.15, 0.2) is 0 Å². The van der Waals surface area contributed by atoms with Gasteiger partial charge in [0, 0.05) is 10.8 Å². The van der Waals surface area contributed by atoms with Crippen molar-refractivity contribution in [2.45, 2.75) is 6.92 Å². The molecular formula is C11H9BrO2. The van der Waals surface area contributed by atoms with Crippen LogP contribution in [0.2, 0.25) is 0 Å². The van der Waals surface area contributed by atoms with Crippen LogP contribution in [0.5, 0.6) is 11.5 Å². The van der Waals surface area contributed by atoms with Crippen molar-refractivity contribution in [3.05, 3.63) is 34.3 Å². The van der Waals surface area contributed by atoms with E-state index in [1.807, 2.05) is 6.92 Å². The lowest BCUT2D eigenvalue weighted by Gasteiger charge is -2.06. The minimum Gasteiger partial charge on any atom is -0.507 e. The Labute approximate surface area is 89.9 Å². The normalized spacial score (nSPS) is 10.7. The van der Waals surface area contributed by atoms with Crippen LogP contribution in [0, 0.1) is 6.92 Å². The first kappa shape index (κ1) is 9.34. The van der Waals surface area contributed by atoms with Gasteiger partial charge >= 0.3 is 0 Å².